The number of likely N-dealkylation sites (tertiary alicyclic amines) is 1. The van der Waals surface area contributed by atoms with E-state index in [1.54, 1.807) is 0 Å². The van der Waals surface area contributed by atoms with Crippen molar-refractivity contribution in [1.29, 1.82) is 0 Å². The highest BCUT2D eigenvalue weighted by Crippen LogP contribution is 2.19. The van der Waals surface area contributed by atoms with Crippen LogP contribution in [0.2, 0.25) is 0 Å². The van der Waals surface area contributed by atoms with Gasteiger partial charge < -0.3 is 15.0 Å². The lowest BCUT2D eigenvalue weighted by atomic mass is 10.2. The number of hydrogen-bond donors (Lipinski definition) is 1. The Kier molecular flexibility index (Phi) is 3.82. The van der Waals surface area contributed by atoms with Crippen molar-refractivity contribution in [3.8, 4) is 0 Å². The molecular weight excluding hydrogens is 230 g/mol. The van der Waals surface area contributed by atoms with Crippen LogP contribution in [0.1, 0.15) is 19.3 Å². The van der Waals surface area contributed by atoms with Gasteiger partial charge in [0, 0.05) is 38.3 Å². The first kappa shape index (κ1) is 12.4. The van der Waals surface area contributed by atoms with E-state index in [1.807, 2.05) is 4.90 Å². The molecule has 0 spiro atoms. The van der Waals surface area contributed by atoms with Crippen LogP contribution in [0.15, 0.2) is 0 Å². The summed E-state index contributed by atoms with van der Waals surface area (Å²) in [6.07, 6.45) is 3.60. The van der Waals surface area contributed by atoms with Gasteiger partial charge in [-0.3, -0.25) is 9.69 Å². The average molecular weight is 253 g/mol. The fourth-order valence-electron chi connectivity index (χ4n) is 2.84. The highest BCUT2D eigenvalue weighted by atomic mass is 16.5. The van der Waals surface area contributed by atoms with Crippen LogP contribution in [0, 0.1) is 0 Å². The normalized spacial score (nSPS) is 29.8. The Bertz CT molecular complexity index is 301. The standard InChI is InChI=1S/C13H23N3O2/c17-13(9-14-11-1-2-11)16-4-3-12(10-16)15-5-7-18-8-6-15/h11-12,14H,1-10H2. The van der Waals surface area contributed by atoms with Gasteiger partial charge in [-0.1, -0.05) is 0 Å². The highest BCUT2D eigenvalue weighted by molar-refractivity contribution is 5.78. The molecule has 1 N–H and O–H groups in total. The highest BCUT2D eigenvalue weighted by Gasteiger charge is 2.31. The van der Waals surface area contributed by atoms with Gasteiger partial charge in [-0.15, -0.1) is 0 Å². The molecule has 102 valence electrons. The van der Waals surface area contributed by atoms with Gasteiger partial charge in [0.2, 0.25) is 5.91 Å². The van der Waals surface area contributed by atoms with Gasteiger partial charge >= 0.3 is 0 Å². The fourth-order valence-corrected chi connectivity index (χ4v) is 2.84. The molecule has 0 aromatic carbocycles. The van der Waals surface area contributed by atoms with Crippen LogP contribution in [0.3, 0.4) is 0 Å². The van der Waals surface area contributed by atoms with Crippen molar-refractivity contribution in [3.05, 3.63) is 0 Å². The molecule has 1 unspecified atom stereocenters. The third-order valence-electron chi connectivity index (χ3n) is 4.20. The molecular formula is C13H23N3O2. The lowest BCUT2D eigenvalue weighted by Crippen LogP contribution is -2.46. The van der Waals surface area contributed by atoms with Crippen molar-refractivity contribution in [3.63, 3.8) is 0 Å². The molecule has 1 saturated carbocycles. The van der Waals surface area contributed by atoms with Crippen LogP contribution in [0.4, 0.5) is 0 Å². The second-order valence-electron chi connectivity index (χ2n) is 5.59. The van der Waals surface area contributed by atoms with Crippen molar-refractivity contribution in [2.75, 3.05) is 45.9 Å². The van der Waals surface area contributed by atoms with E-state index in [0.29, 0.717) is 18.6 Å². The molecule has 5 nitrogen and oxygen atoms in total. The molecule has 3 fully saturated rings. The maximum Gasteiger partial charge on any atom is 0.236 e. The minimum absolute atomic E-state index is 0.276. The Labute approximate surface area is 108 Å². The van der Waals surface area contributed by atoms with E-state index in [1.165, 1.54) is 12.8 Å². The van der Waals surface area contributed by atoms with E-state index in [9.17, 15) is 4.79 Å². The number of rotatable bonds is 4. The van der Waals surface area contributed by atoms with Crippen molar-refractivity contribution in [1.82, 2.24) is 15.1 Å². The predicted molar refractivity (Wildman–Crippen MR) is 68.4 cm³/mol. The molecule has 2 aliphatic heterocycles. The molecule has 0 bridgehead atoms. The van der Waals surface area contributed by atoms with E-state index in [4.69, 9.17) is 4.74 Å². The molecule has 0 aromatic rings. The summed E-state index contributed by atoms with van der Waals surface area (Å²) in [7, 11) is 0. The summed E-state index contributed by atoms with van der Waals surface area (Å²) in [5.41, 5.74) is 0. The van der Waals surface area contributed by atoms with Crippen LogP contribution in [-0.4, -0.2) is 73.7 Å². The molecule has 1 amide bonds. The molecule has 2 heterocycles. The van der Waals surface area contributed by atoms with Gasteiger partial charge in [0.1, 0.15) is 0 Å². The fraction of sp³-hybridized carbons (Fsp3) is 0.923. The van der Waals surface area contributed by atoms with E-state index in [-0.39, 0.29) is 5.91 Å². The number of ether oxygens (including phenoxy) is 1. The topological polar surface area (TPSA) is 44.8 Å². The first-order chi connectivity index (χ1) is 8.83. The monoisotopic (exact) mass is 253 g/mol. The number of carbonyl (C=O) groups excluding carboxylic acids is 1. The zero-order valence-electron chi connectivity index (χ0n) is 10.9. The molecule has 1 atom stereocenters. The third-order valence-corrected chi connectivity index (χ3v) is 4.20. The largest absolute Gasteiger partial charge is 0.379 e. The van der Waals surface area contributed by atoms with Crippen LogP contribution in [0.5, 0.6) is 0 Å². The summed E-state index contributed by atoms with van der Waals surface area (Å²) in [5, 5.41) is 3.30. The second kappa shape index (κ2) is 5.55. The first-order valence-electron chi connectivity index (χ1n) is 7.16. The predicted octanol–water partition coefficient (Wildman–Crippen LogP) is -0.328. The number of nitrogens with one attached hydrogen (secondary N) is 1. The number of amides is 1. The summed E-state index contributed by atoms with van der Waals surface area (Å²) in [6.45, 7) is 6.08. The Morgan fingerprint density at radius 3 is 2.67 bits per heavy atom. The summed E-state index contributed by atoms with van der Waals surface area (Å²) in [5.74, 6) is 0.276. The molecule has 0 aromatic heterocycles. The second-order valence-corrected chi connectivity index (χ2v) is 5.59. The maximum absolute atomic E-state index is 12.0. The van der Waals surface area contributed by atoms with Gasteiger partial charge in [-0.25, -0.2) is 0 Å². The van der Waals surface area contributed by atoms with E-state index in [0.717, 1.165) is 45.8 Å². The van der Waals surface area contributed by atoms with Gasteiger partial charge in [0.05, 0.1) is 19.8 Å². The molecule has 2 saturated heterocycles. The Morgan fingerprint density at radius 2 is 1.94 bits per heavy atom. The Balaban J connectivity index is 1.43. The lowest BCUT2D eigenvalue weighted by molar-refractivity contribution is -0.129. The molecule has 0 radical (unpaired) electrons. The van der Waals surface area contributed by atoms with Gasteiger partial charge in [-0.05, 0) is 19.3 Å². The van der Waals surface area contributed by atoms with Crippen LogP contribution < -0.4 is 5.32 Å². The quantitative estimate of drug-likeness (QED) is 0.745. The minimum atomic E-state index is 0.276. The maximum atomic E-state index is 12.0. The SMILES string of the molecule is O=C(CNC1CC1)N1CCC(N2CCOCC2)C1. The van der Waals surface area contributed by atoms with Gasteiger partial charge in [-0.2, -0.15) is 0 Å². The van der Waals surface area contributed by atoms with Crippen LogP contribution in [0.25, 0.3) is 0 Å². The van der Waals surface area contributed by atoms with Crippen molar-refractivity contribution in [2.24, 2.45) is 0 Å². The zero-order valence-corrected chi connectivity index (χ0v) is 10.9. The summed E-state index contributed by atoms with van der Waals surface area (Å²) in [4.78, 5) is 16.5. The summed E-state index contributed by atoms with van der Waals surface area (Å²) >= 11 is 0. The Hall–Kier alpha value is -0.650. The van der Waals surface area contributed by atoms with Crippen LogP contribution >= 0.6 is 0 Å². The van der Waals surface area contributed by atoms with Crippen molar-refractivity contribution < 1.29 is 9.53 Å². The number of morpholine rings is 1. The van der Waals surface area contributed by atoms with E-state index >= 15 is 0 Å². The minimum Gasteiger partial charge on any atom is -0.379 e. The zero-order chi connectivity index (χ0) is 12.4. The van der Waals surface area contributed by atoms with Gasteiger partial charge in [0.25, 0.3) is 0 Å². The smallest absolute Gasteiger partial charge is 0.236 e. The van der Waals surface area contributed by atoms with E-state index < -0.39 is 0 Å². The molecule has 5 heteroatoms. The van der Waals surface area contributed by atoms with E-state index in [2.05, 4.69) is 10.2 Å². The molecule has 3 aliphatic rings. The molecule has 3 rings (SSSR count). The average Bonchev–Trinajstić information content (AvgIpc) is 3.11. The summed E-state index contributed by atoms with van der Waals surface area (Å²) < 4.78 is 5.37. The first-order valence-corrected chi connectivity index (χ1v) is 7.16. The van der Waals surface area contributed by atoms with Crippen LogP contribution in [-0.2, 0) is 9.53 Å². The summed E-state index contributed by atoms with van der Waals surface area (Å²) in [6, 6.07) is 1.17. The number of carbonyl (C=O) groups is 1. The van der Waals surface area contributed by atoms with Crippen molar-refractivity contribution in [2.45, 2.75) is 31.3 Å². The molecule has 18 heavy (non-hydrogen) atoms. The number of hydrogen-bond acceptors (Lipinski definition) is 4. The number of nitrogens with zero attached hydrogens (tertiary/aromatic N) is 2. The van der Waals surface area contributed by atoms with Gasteiger partial charge in [0.15, 0.2) is 0 Å². The Morgan fingerprint density at radius 1 is 1.17 bits per heavy atom. The van der Waals surface area contributed by atoms with Crippen molar-refractivity contribution >= 4 is 5.91 Å². The lowest BCUT2D eigenvalue weighted by Gasteiger charge is -2.32. The third kappa shape index (κ3) is 3.02. The molecule has 1 aliphatic carbocycles.